The zero-order valence-electron chi connectivity index (χ0n) is 8.88. The summed E-state index contributed by atoms with van der Waals surface area (Å²) in [5, 5.41) is 0. The van der Waals surface area contributed by atoms with Gasteiger partial charge in [0.15, 0.2) is 0 Å². The minimum atomic E-state index is -3.31. The second-order valence-corrected chi connectivity index (χ2v) is 5.78. The zero-order chi connectivity index (χ0) is 11.5. The topological polar surface area (TPSA) is 70.1 Å². The molecule has 0 N–H and O–H groups in total. The smallest absolute Gasteiger partial charge is 0.211 e. The van der Waals surface area contributed by atoms with Gasteiger partial charge in [-0.25, -0.2) is 9.79 Å². The van der Waals surface area contributed by atoms with Crippen LogP contribution in [-0.2, 0) is 15.0 Å². The van der Waals surface area contributed by atoms with Gasteiger partial charge in [-0.3, -0.25) is 0 Å². The van der Waals surface area contributed by atoms with Crippen LogP contribution in [-0.4, -0.2) is 56.3 Å². The molecule has 1 aliphatic heterocycles. The van der Waals surface area contributed by atoms with Crippen molar-refractivity contribution in [2.75, 3.05) is 27.2 Å². The Hall–Kier alpha value is -0.750. The maximum absolute atomic E-state index is 11.7. The van der Waals surface area contributed by atoms with Crippen LogP contribution in [0.4, 0.5) is 0 Å². The maximum atomic E-state index is 11.7. The number of aliphatic imine (C=N–C) groups is 1. The highest BCUT2D eigenvalue weighted by atomic mass is 32.2. The molecule has 1 aliphatic rings. The molecule has 1 fully saturated rings. The van der Waals surface area contributed by atoms with Crippen LogP contribution in [0.25, 0.3) is 0 Å². The molecule has 0 aromatic rings. The third-order valence-electron chi connectivity index (χ3n) is 2.45. The summed E-state index contributed by atoms with van der Waals surface area (Å²) >= 11 is 0. The highest BCUT2D eigenvalue weighted by Gasteiger charge is 2.29. The van der Waals surface area contributed by atoms with Gasteiger partial charge < -0.3 is 0 Å². The van der Waals surface area contributed by atoms with Crippen LogP contribution < -0.4 is 0 Å². The number of piperidine rings is 1. The lowest BCUT2D eigenvalue weighted by Crippen LogP contribution is -2.45. The summed E-state index contributed by atoms with van der Waals surface area (Å²) in [4.78, 5) is 13.6. The molecule has 0 aliphatic carbocycles. The summed E-state index contributed by atoms with van der Waals surface area (Å²) in [6, 6.07) is -0.0730. The predicted molar refractivity (Wildman–Crippen MR) is 55.3 cm³/mol. The summed E-state index contributed by atoms with van der Waals surface area (Å²) in [5.41, 5.74) is 0. The van der Waals surface area contributed by atoms with E-state index in [1.54, 1.807) is 0 Å². The first-order chi connectivity index (χ1) is 6.98. The molecule has 0 aromatic heterocycles. The largest absolute Gasteiger partial charge is 0.281 e. The average molecular weight is 233 g/mol. The second-order valence-electron chi connectivity index (χ2n) is 3.64. The Morgan fingerprint density at radius 1 is 1.33 bits per heavy atom. The van der Waals surface area contributed by atoms with Gasteiger partial charge in [-0.2, -0.15) is 17.0 Å². The summed E-state index contributed by atoms with van der Waals surface area (Å²) in [5.74, 6) is 0. The van der Waals surface area contributed by atoms with E-state index in [0.29, 0.717) is 25.9 Å². The summed E-state index contributed by atoms with van der Waals surface area (Å²) in [7, 11) is -0.302. The fraction of sp³-hybridized carbons (Fsp3) is 0.875. The molecule has 0 aromatic carbocycles. The number of hydrogen-bond acceptors (Lipinski definition) is 4. The van der Waals surface area contributed by atoms with Crippen molar-refractivity contribution >= 4 is 16.3 Å². The van der Waals surface area contributed by atoms with Crippen LogP contribution in [0.5, 0.6) is 0 Å². The molecule has 7 heteroatoms. The Labute approximate surface area is 89.8 Å². The molecular weight excluding hydrogens is 218 g/mol. The van der Waals surface area contributed by atoms with Crippen LogP contribution in [0.15, 0.2) is 4.99 Å². The van der Waals surface area contributed by atoms with E-state index < -0.39 is 10.2 Å². The summed E-state index contributed by atoms with van der Waals surface area (Å²) < 4.78 is 26.0. The van der Waals surface area contributed by atoms with Gasteiger partial charge in [0.05, 0.1) is 6.04 Å². The minimum Gasteiger partial charge on any atom is -0.211 e. The van der Waals surface area contributed by atoms with E-state index in [4.69, 9.17) is 0 Å². The predicted octanol–water partition coefficient (Wildman–Crippen LogP) is -0.407. The second kappa shape index (κ2) is 4.85. The number of rotatable bonds is 3. The molecule has 0 spiro atoms. The average Bonchev–Trinajstić information content (AvgIpc) is 2.19. The van der Waals surface area contributed by atoms with Gasteiger partial charge in [-0.05, 0) is 12.8 Å². The Balaban J connectivity index is 2.62. The van der Waals surface area contributed by atoms with Crippen LogP contribution in [0.3, 0.4) is 0 Å². The van der Waals surface area contributed by atoms with Crippen LogP contribution in [0, 0.1) is 0 Å². The van der Waals surface area contributed by atoms with Crippen molar-refractivity contribution in [3.05, 3.63) is 0 Å². The van der Waals surface area contributed by atoms with E-state index in [9.17, 15) is 13.2 Å². The molecule has 1 rings (SSSR count). The molecule has 0 atom stereocenters. The first kappa shape index (κ1) is 12.3. The normalized spacial score (nSPS) is 20.2. The standard InChI is InChI=1S/C8H15N3O3S/c1-10(2)15(13,14)11-5-3-8(4-6-11)9-7-12/h8H,3-6H2,1-2H3. The van der Waals surface area contributed by atoms with Crippen molar-refractivity contribution in [2.24, 2.45) is 4.99 Å². The van der Waals surface area contributed by atoms with Crippen molar-refractivity contribution in [3.8, 4) is 0 Å². The van der Waals surface area contributed by atoms with Gasteiger partial charge >= 0.3 is 0 Å². The number of nitrogens with zero attached hydrogens (tertiary/aromatic N) is 3. The first-order valence-corrected chi connectivity index (χ1v) is 6.12. The molecule has 15 heavy (non-hydrogen) atoms. The van der Waals surface area contributed by atoms with Crippen molar-refractivity contribution in [2.45, 2.75) is 18.9 Å². The van der Waals surface area contributed by atoms with E-state index in [0.717, 1.165) is 0 Å². The number of isocyanates is 1. The van der Waals surface area contributed by atoms with E-state index >= 15 is 0 Å². The van der Waals surface area contributed by atoms with Gasteiger partial charge in [0.2, 0.25) is 6.08 Å². The summed E-state index contributed by atoms with van der Waals surface area (Å²) in [6.07, 6.45) is 2.68. The van der Waals surface area contributed by atoms with Gasteiger partial charge in [0.25, 0.3) is 10.2 Å². The summed E-state index contributed by atoms with van der Waals surface area (Å²) in [6.45, 7) is 0.826. The molecule has 0 amide bonds. The Morgan fingerprint density at radius 3 is 2.27 bits per heavy atom. The van der Waals surface area contributed by atoms with E-state index in [1.165, 1.54) is 28.8 Å². The molecule has 0 bridgehead atoms. The van der Waals surface area contributed by atoms with Gasteiger partial charge in [0.1, 0.15) is 0 Å². The van der Waals surface area contributed by atoms with Crippen molar-refractivity contribution < 1.29 is 13.2 Å². The van der Waals surface area contributed by atoms with Crippen LogP contribution >= 0.6 is 0 Å². The van der Waals surface area contributed by atoms with Gasteiger partial charge in [-0.1, -0.05) is 0 Å². The molecule has 0 saturated carbocycles. The lowest BCUT2D eigenvalue weighted by atomic mass is 10.1. The lowest BCUT2D eigenvalue weighted by Gasteiger charge is -2.30. The monoisotopic (exact) mass is 233 g/mol. The molecule has 6 nitrogen and oxygen atoms in total. The molecule has 1 saturated heterocycles. The van der Waals surface area contributed by atoms with Crippen LogP contribution in [0.1, 0.15) is 12.8 Å². The zero-order valence-corrected chi connectivity index (χ0v) is 9.70. The maximum Gasteiger partial charge on any atom is 0.281 e. The Kier molecular flexibility index (Phi) is 3.98. The third-order valence-corrected chi connectivity index (χ3v) is 4.39. The van der Waals surface area contributed by atoms with Gasteiger partial charge in [0, 0.05) is 27.2 Å². The van der Waals surface area contributed by atoms with E-state index in [1.807, 2.05) is 0 Å². The van der Waals surface area contributed by atoms with E-state index in [-0.39, 0.29) is 6.04 Å². The molecule has 1 heterocycles. The molecule has 86 valence electrons. The molecule has 0 unspecified atom stereocenters. The number of carbonyl (C=O) groups excluding carboxylic acids is 1. The fourth-order valence-electron chi connectivity index (χ4n) is 1.51. The van der Waals surface area contributed by atoms with Crippen LogP contribution in [0.2, 0.25) is 0 Å². The first-order valence-electron chi connectivity index (χ1n) is 4.73. The highest BCUT2D eigenvalue weighted by Crippen LogP contribution is 2.17. The van der Waals surface area contributed by atoms with E-state index in [2.05, 4.69) is 4.99 Å². The van der Waals surface area contributed by atoms with Crippen molar-refractivity contribution in [1.82, 2.24) is 8.61 Å². The minimum absolute atomic E-state index is 0.0730. The Bertz CT molecular complexity index is 351. The van der Waals surface area contributed by atoms with Crippen molar-refractivity contribution in [3.63, 3.8) is 0 Å². The third kappa shape index (κ3) is 2.85. The Morgan fingerprint density at radius 2 is 1.87 bits per heavy atom. The number of hydrogen-bond donors (Lipinski definition) is 0. The van der Waals surface area contributed by atoms with Crippen molar-refractivity contribution in [1.29, 1.82) is 0 Å². The highest BCUT2D eigenvalue weighted by molar-refractivity contribution is 7.86. The fourth-order valence-corrected chi connectivity index (χ4v) is 2.64. The lowest BCUT2D eigenvalue weighted by molar-refractivity contribution is 0.303. The quantitative estimate of drug-likeness (QED) is 0.491. The SMILES string of the molecule is CN(C)S(=O)(=O)N1CCC(N=C=O)CC1. The molecule has 0 radical (unpaired) electrons. The molecular formula is C8H15N3O3S. The van der Waals surface area contributed by atoms with Gasteiger partial charge in [-0.15, -0.1) is 0 Å².